The molecule has 2 aliphatic rings. The van der Waals surface area contributed by atoms with Gasteiger partial charge in [0.25, 0.3) is 0 Å². The first-order chi connectivity index (χ1) is 18.2. The summed E-state index contributed by atoms with van der Waals surface area (Å²) in [5.74, 6) is 0. The maximum absolute atomic E-state index is 11.7. The van der Waals surface area contributed by atoms with E-state index in [0.29, 0.717) is 24.4 Å². The highest BCUT2D eigenvalue weighted by molar-refractivity contribution is 7.92. The molecule has 0 fully saturated rings. The Hall–Kier alpha value is -4.18. The van der Waals surface area contributed by atoms with Crippen molar-refractivity contribution >= 4 is 33.8 Å². The van der Waals surface area contributed by atoms with Gasteiger partial charge in [0.1, 0.15) is 23.5 Å². The maximum atomic E-state index is 11.7. The number of nitriles is 2. The zero-order valence-electron chi connectivity index (χ0n) is 22.0. The van der Waals surface area contributed by atoms with E-state index >= 15 is 0 Å². The zero-order chi connectivity index (χ0) is 27.0. The van der Waals surface area contributed by atoms with Gasteiger partial charge in [0, 0.05) is 44.3 Å². The summed E-state index contributed by atoms with van der Waals surface area (Å²) in [4.78, 5) is 0. The van der Waals surface area contributed by atoms with Gasteiger partial charge in [0.15, 0.2) is 0 Å². The Morgan fingerprint density at radius 1 is 0.795 bits per heavy atom. The Morgan fingerprint density at radius 2 is 1.36 bits per heavy atom. The molecule has 0 saturated heterocycles. The molecule has 4 aromatic rings. The van der Waals surface area contributed by atoms with Crippen LogP contribution in [0.15, 0.2) is 60.7 Å². The number of fused-ring (bicyclic) bond motifs is 2. The van der Waals surface area contributed by atoms with E-state index in [2.05, 4.69) is 35.7 Å². The van der Waals surface area contributed by atoms with Crippen molar-refractivity contribution in [3.63, 3.8) is 0 Å². The Labute approximate surface area is 235 Å². The van der Waals surface area contributed by atoms with Crippen LogP contribution in [0.1, 0.15) is 22.5 Å². The number of benzene rings is 2. The summed E-state index contributed by atoms with van der Waals surface area (Å²) in [5, 5.41) is 21.3. The van der Waals surface area contributed by atoms with Crippen LogP contribution in [0.2, 0.25) is 0 Å². The molecule has 0 spiro atoms. The highest BCUT2D eigenvalue weighted by atomic mass is 35.5. The second-order valence-electron chi connectivity index (χ2n) is 9.53. The third-order valence-corrected chi connectivity index (χ3v) is 8.39. The normalized spacial score (nSPS) is 13.2. The minimum absolute atomic E-state index is 0. The van der Waals surface area contributed by atoms with Crippen LogP contribution in [0.5, 0.6) is 0 Å². The minimum atomic E-state index is -3.22. The summed E-state index contributed by atoms with van der Waals surface area (Å²) in [5.41, 5.74) is 9.90. The van der Waals surface area contributed by atoms with Crippen LogP contribution in [0.3, 0.4) is 0 Å². The van der Waals surface area contributed by atoms with Gasteiger partial charge in [-0.15, -0.1) is 12.4 Å². The summed E-state index contributed by atoms with van der Waals surface area (Å²) in [6.07, 6.45) is 3.02. The predicted octanol–water partition coefficient (Wildman–Crippen LogP) is 4.84. The second-order valence-corrected chi connectivity index (χ2v) is 11.4. The standard InChI is InChI=1S/C15H15N3O2S.C14H13N3.ClH/c1-17-13(10-16)4-6-14(17)11-3-5-15-12(9-11)7-8-18(15)21(2,19)20;1-17-12(9-15)3-5-14(17)11-2-4-13-10(8-11)6-7-16-13;/h3-6,9H,7-8H2,1-2H3;2-5,8,16H,6-7H2,1H3;1H. The number of nitrogens with zero attached hydrogens (tertiary/aromatic N) is 5. The summed E-state index contributed by atoms with van der Waals surface area (Å²) < 4.78 is 28.7. The minimum Gasteiger partial charge on any atom is -0.384 e. The lowest BCUT2D eigenvalue weighted by Gasteiger charge is -2.16. The number of aromatic nitrogens is 2. The SMILES string of the molecule is Cl.Cn1c(C#N)ccc1-c1ccc2c(c1)CCN2.Cn1c(C#N)ccc1-c1ccc2c(c1)CCN2S(C)(=O)=O. The van der Waals surface area contributed by atoms with Crippen molar-refractivity contribution in [2.24, 2.45) is 14.1 Å². The number of hydrogen-bond donors (Lipinski definition) is 1. The van der Waals surface area contributed by atoms with E-state index in [-0.39, 0.29) is 12.4 Å². The van der Waals surface area contributed by atoms with E-state index in [1.54, 1.807) is 6.07 Å². The van der Waals surface area contributed by atoms with Crippen LogP contribution >= 0.6 is 12.4 Å². The largest absolute Gasteiger partial charge is 0.384 e. The number of hydrogen-bond acceptors (Lipinski definition) is 5. The molecule has 1 N–H and O–H groups in total. The molecule has 0 unspecified atom stereocenters. The van der Waals surface area contributed by atoms with E-state index < -0.39 is 10.0 Å². The van der Waals surface area contributed by atoms with Crippen LogP contribution < -0.4 is 9.62 Å². The molecular weight excluding hydrogens is 532 g/mol. The van der Waals surface area contributed by atoms with Crippen LogP contribution in [-0.2, 0) is 37.0 Å². The third-order valence-electron chi connectivity index (χ3n) is 7.21. The fraction of sp³-hybridized carbons (Fsp3) is 0.241. The molecule has 2 aromatic carbocycles. The number of rotatable bonds is 3. The topological polar surface area (TPSA) is 107 Å². The third kappa shape index (κ3) is 5.24. The molecule has 0 bridgehead atoms. The predicted molar refractivity (Wildman–Crippen MR) is 156 cm³/mol. The lowest BCUT2D eigenvalue weighted by molar-refractivity contribution is 0.598. The first kappa shape index (κ1) is 27.8. The molecule has 0 aliphatic carbocycles. The zero-order valence-corrected chi connectivity index (χ0v) is 23.6. The molecule has 39 heavy (non-hydrogen) atoms. The highest BCUT2D eigenvalue weighted by Crippen LogP contribution is 2.34. The molecule has 2 aromatic heterocycles. The molecular formula is C29H29ClN6O2S. The van der Waals surface area contributed by atoms with Crippen molar-refractivity contribution in [2.45, 2.75) is 12.8 Å². The molecule has 8 nitrogen and oxygen atoms in total. The number of nitrogens with one attached hydrogen (secondary N) is 1. The van der Waals surface area contributed by atoms with Crippen molar-refractivity contribution in [3.05, 3.63) is 83.2 Å². The maximum Gasteiger partial charge on any atom is 0.232 e. The Bertz CT molecular complexity index is 1740. The average Bonchev–Trinajstić information content (AvgIpc) is 3.68. The first-order valence-electron chi connectivity index (χ1n) is 12.3. The first-order valence-corrected chi connectivity index (χ1v) is 14.2. The van der Waals surface area contributed by atoms with E-state index in [1.165, 1.54) is 27.4 Å². The quantitative estimate of drug-likeness (QED) is 0.386. The molecule has 0 radical (unpaired) electrons. The van der Waals surface area contributed by atoms with Gasteiger partial charge in [-0.2, -0.15) is 10.5 Å². The van der Waals surface area contributed by atoms with E-state index in [0.717, 1.165) is 41.2 Å². The summed E-state index contributed by atoms with van der Waals surface area (Å²) in [6, 6.07) is 24.1. The summed E-state index contributed by atoms with van der Waals surface area (Å²) in [7, 11) is 0.565. The van der Waals surface area contributed by atoms with Gasteiger partial charge in [-0.1, -0.05) is 12.1 Å². The van der Waals surface area contributed by atoms with Gasteiger partial charge in [0.2, 0.25) is 10.0 Å². The molecule has 4 heterocycles. The van der Waals surface area contributed by atoms with Crippen molar-refractivity contribution in [1.82, 2.24) is 9.13 Å². The van der Waals surface area contributed by atoms with Crippen molar-refractivity contribution in [1.29, 1.82) is 10.5 Å². The Balaban J connectivity index is 0.000000180. The van der Waals surface area contributed by atoms with Crippen molar-refractivity contribution in [2.75, 3.05) is 29.0 Å². The summed E-state index contributed by atoms with van der Waals surface area (Å²) >= 11 is 0. The van der Waals surface area contributed by atoms with Crippen molar-refractivity contribution in [3.8, 4) is 34.7 Å². The van der Waals surface area contributed by atoms with E-state index in [9.17, 15) is 8.42 Å². The highest BCUT2D eigenvalue weighted by Gasteiger charge is 2.26. The number of sulfonamides is 1. The molecule has 0 saturated carbocycles. The second kappa shape index (κ2) is 10.9. The van der Waals surface area contributed by atoms with Gasteiger partial charge in [-0.05, 0) is 83.6 Å². The summed E-state index contributed by atoms with van der Waals surface area (Å²) in [6.45, 7) is 1.52. The Kier molecular flexibility index (Phi) is 7.78. The fourth-order valence-corrected chi connectivity index (χ4v) is 6.12. The van der Waals surface area contributed by atoms with E-state index in [1.807, 2.05) is 59.6 Å². The van der Waals surface area contributed by atoms with Gasteiger partial charge in [-0.25, -0.2) is 8.42 Å². The smallest absolute Gasteiger partial charge is 0.232 e. The lowest BCUT2D eigenvalue weighted by Crippen LogP contribution is -2.27. The van der Waals surface area contributed by atoms with E-state index in [4.69, 9.17) is 10.5 Å². The molecule has 200 valence electrons. The lowest BCUT2D eigenvalue weighted by atomic mass is 10.1. The molecule has 0 atom stereocenters. The van der Waals surface area contributed by atoms with Crippen LogP contribution in [0.25, 0.3) is 22.5 Å². The molecule has 6 rings (SSSR count). The number of anilines is 2. The molecule has 2 aliphatic heterocycles. The molecule has 10 heteroatoms. The van der Waals surface area contributed by atoms with Gasteiger partial charge < -0.3 is 14.5 Å². The Morgan fingerprint density at radius 3 is 1.90 bits per heavy atom. The van der Waals surface area contributed by atoms with Gasteiger partial charge in [0.05, 0.1) is 11.9 Å². The van der Waals surface area contributed by atoms with Crippen LogP contribution in [-0.4, -0.2) is 36.9 Å². The molecule has 0 amide bonds. The van der Waals surface area contributed by atoms with Crippen LogP contribution in [0.4, 0.5) is 11.4 Å². The van der Waals surface area contributed by atoms with Gasteiger partial charge in [-0.3, -0.25) is 4.31 Å². The van der Waals surface area contributed by atoms with Crippen LogP contribution in [0, 0.1) is 22.7 Å². The average molecular weight is 561 g/mol. The van der Waals surface area contributed by atoms with Gasteiger partial charge >= 0.3 is 0 Å². The fourth-order valence-electron chi connectivity index (χ4n) is 5.17. The van der Waals surface area contributed by atoms with Crippen molar-refractivity contribution < 1.29 is 8.42 Å². The monoisotopic (exact) mass is 560 g/mol. The number of halogens is 1.